The summed E-state index contributed by atoms with van der Waals surface area (Å²) in [5, 5.41) is 10.8. The second-order valence-electron chi connectivity index (χ2n) is 3.86. The Bertz CT molecular complexity index is 502. The average molecular weight is 291 g/mol. The zero-order valence-corrected chi connectivity index (χ0v) is 10.4. The second-order valence-corrected chi connectivity index (χ2v) is 3.86. The van der Waals surface area contributed by atoms with Gasteiger partial charge in [0.15, 0.2) is 6.04 Å². The van der Waals surface area contributed by atoms with Gasteiger partial charge in [-0.3, -0.25) is 4.79 Å². The zero-order valence-electron chi connectivity index (χ0n) is 10.4. The van der Waals surface area contributed by atoms with Gasteiger partial charge < -0.3 is 15.2 Å². The van der Waals surface area contributed by atoms with Gasteiger partial charge in [-0.25, -0.2) is 4.79 Å². The van der Waals surface area contributed by atoms with Crippen molar-refractivity contribution in [3.63, 3.8) is 0 Å². The first-order chi connectivity index (χ1) is 9.27. The number of carboxylic acid groups (broad SMARTS) is 1. The van der Waals surface area contributed by atoms with Crippen LogP contribution in [-0.4, -0.2) is 36.7 Å². The molecule has 1 rings (SSSR count). The number of nitrogens with one attached hydrogen (secondary N) is 1. The number of methoxy groups -OCH3 is 1. The molecule has 0 fully saturated rings. The molecule has 0 heterocycles. The van der Waals surface area contributed by atoms with Gasteiger partial charge in [-0.15, -0.1) is 0 Å². The van der Waals surface area contributed by atoms with Crippen LogP contribution >= 0.6 is 0 Å². The van der Waals surface area contributed by atoms with E-state index in [0.717, 1.165) is 18.2 Å². The number of halogens is 3. The molecule has 0 spiro atoms. The standard InChI is InChI=1S/C12H12F3NO4/c1-20-6-9(11(18)19)16-10(17)7-4-2-3-5-8(7)12(13,14)15/h2-5,9H,6H2,1H3,(H,16,17)(H,18,19)/t9-/m0/s1. The number of ether oxygens (including phenoxy) is 1. The number of aliphatic carboxylic acids is 1. The number of hydrogen-bond acceptors (Lipinski definition) is 3. The van der Waals surface area contributed by atoms with E-state index in [1.165, 1.54) is 13.2 Å². The van der Waals surface area contributed by atoms with E-state index < -0.39 is 35.2 Å². The zero-order chi connectivity index (χ0) is 15.3. The molecule has 0 unspecified atom stereocenters. The lowest BCUT2D eigenvalue weighted by Gasteiger charge is -2.16. The first kappa shape index (κ1) is 16.0. The molecule has 0 aliphatic carbocycles. The first-order valence-electron chi connectivity index (χ1n) is 5.46. The van der Waals surface area contributed by atoms with E-state index in [0.29, 0.717) is 0 Å². The summed E-state index contributed by atoms with van der Waals surface area (Å²) in [6.45, 7) is -0.352. The van der Waals surface area contributed by atoms with Gasteiger partial charge in [0.1, 0.15) is 0 Å². The highest BCUT2D eigenvalue weighted by molar-refractivity contribution is 5.98. The Labute approximate surface area is 112 Å². The fourth-order valence-corrected chi connectivity index (χ4v) is 1.51. The summed E-state index contributed by atoms with van der Waals surface area (Å²) in [5.74, 6) is -2.52. The van der Waals surface area contributed by atoms with Crippen LogP contribution in [0.25, 0.3) is 0 Å². The van der Waals surface area contributed by atoms with E-state index in [9.17, 15) is 22.8 Å². The van der Waals surface area contributed by atoms with Gasteiger partial charge in [0.2, 0.25) is 0 Å². The Morgan fingerprint density at radius 1 is 1.35 bits per heavy atom. The van der Waals surface area contributed by atoms with E-state index in [2.05, 4.69) is 4.74 Å². The highest BCUT2D eigenvalue weighted by atomic mass is 19.4. The number of benzene rings is 1. The largest absolute Gasteiger partial charge is 0.480 e. The maximum Gasteiger partial charge on any atom is 0.417 e. The third-order valence-corrected chi connectivity index (χ3v) is 2.41. The third-order valence-electron chi connectivity index (χ3n) is 2.41. The summed E-state index contributed by atoms with van der Waals surface area (Å²) in [4.78, 5) is 22.6. The molecule has 2 N–H and O–H groups in total. The molecule has 0 aliphatic rings. The van der Waals surface area contributed by atoms with Crippen molar-refractivity contribution in [3.8, 4) is 0 Å². The molecule has 20 heavy (non-hydrogen) atoms. The predicted molar refractivity (Wildman–Crippen MR) is 62.2 cm³/mol. The van der Waals surface area contributed by atoms with Crippen LogP contribution in [0, 0.1) is 0 Å². The lowest BCUT2D eigenvalue weighted by atomic mass is 10.1. The van der Waals surface area contributed by atoms with Gasteiger partial charge in [0.25, 0.3) is 5.91 Å². The van der Waals surface area contributed by atoms with Crippen LogP contribution in [0.1, 0.15) is 15.9 Å². The normalized spacial score (nSPS) is 12.8. The highest BCUT2D eigenvalue weighted by Gasteiger charge is 2.35. The molecule has 0 radical (unpaired) electrons. The molecule has 1 aromatic carbocycles. The summed E-state index contributed by atoms with van der Waals surface area (Å²) in [7, 11) is 1.21. The summed E-state index contributed by atoms with van der Waals surface area (Å²) < 4.78 is 42.8. The molecule has 0 aromatic heterocycles. The fourth-order valence-electron chi connectivity index (χ4n) is 1.51. The first-order valence-corrected chi connectivity index (χ1v) is 5.46. The van der Waals surface area contributed by atoms with Crippen molar-refractivity contribution in [2.75, 3.05) is 13.7 Å². The Morgan fingerprint density at radius 2 is 1.95 bits per heavy atom. The summed E-state index contributed by atoms with van der Waals surface area (Å²) in [6, 6.07) is 2.71. The van der Waals surface area contributed by atoms with Gasteiger partial charge in [-0.2, -0.15) is 13.2 Å². The molecule has 1 amide bonds. The van der Waals surface area contributed by atoms with E-state index in [4.69, 9.17) is 5.11 Å². The van der Waals surface area contributed by atoms with Crippen LogP contribution in [0.2, 0.25) is 0 Å². The summed E-state index contributed by atoms with van der Waals surface area (Å²) >= 11 is 0. The Balaban J connectivity index is 3.01. The minimum Gasteiger partial charge on any atom is -0.480 e. The van der Waals surface area contributed by atoms with Crippen molar-refractivity contribution < 1.29 is 32.6 Å². The Hall–Kier alpha value is -2.09. The summed E-state index contributed by atoms with van der Waals surface area (Å²) in [5.41, 5.74) is -1.76. The van der Waals surface area contributed by atoms with Crippen LogP contribution in [0.4, 0.5) is 13.2 Å². The van der Waals surface area contributed by atoms with Gasteiger partial charge in [-0.1, -0.05) is 12.1 Å². The van der Waals surface area contributed by atoms with Crippen molar-refractivity contribution >= 4 is 11.9 Å². The molecule has 0 saturated carbocycles. The molecule has 0 bridgehead atoms. The highest BCUT2D eigenvalue weighted by Crippen LogP contribution is 2.31. The number of carbonyl (C=O) groups excluding carboxylic acids is 1. The SMILES string of the molecule is COC[C@H](NC(=O)c1ccccc1C(F)(F)F)C(=O)O. The molecule has 8 heteroatoms. The van der Waals surface area contributed by atoms with Crippen molar-refractivity contribution in [2.24, 2.45) is 0 Å². The van der Waals surface area contributed by atoms with Gasteiger partial charge >= 0.3 is 12.1 Å². The monoisotopic (exact) mass is 291 g/mol. The fraction of sp³-hybridized carbons (Fsp3) is 0.333. The Kier molecular flexibility index (Phi) is 5.09. The van der Waals surface area contributed by atoms with E-state index in [1.807, 2.05) is 5.32 Å². The molecule has 0 saturated heterocycles. The molecule has 5 nitrogen and oxygen atoms in total. The maximum atomic E-state index is 12.7. The molecule has 110 valence electrons. The van der Waals surface area contributed by atoms with Crippen LogP contribution in [-0.2, 0) is 15.7 Å². The molecule has 1 aromatic rings. The van der Waals surface area contributed by atoms with E-state index in [1.54, 1.807) is 0 Å². The van der Waals surface area contributed by atoms with Crippen LogP contribution in [0.3, 0.4) is 0 Å². The topological polar surface area (TPSA) is 75.6 Å². The number of carboxylic acids is 1. The van der Waals surface area contributed by atoms with Gasteiger partial charge in [0.05, 0.1) is 17.7 Å². The molecular formula is C12H12F3NO4. The van der Waals surface area contributed by atoms with Crippen LogP contribution in [0.15, 0.2) is 24.3 Å². The van der Waals surface area contributed by atoms with Gasteiger partial charge in [0, 0.05) is 7.11 Å². The quantitative estimate of drug-likeness (QED) is 0.862. The minimum atomic E-state index is -4.70. The van der Waals surface area contributed by atoms with Crippen LogP contribution < -0.4 is 5.32 Å². The predicted octanol–water partition coefficient (Wildman–Crippen LogP) is 1.53. The number of rotatable bonds is 5. The number of alkyl halides is 3. The number of amides is 1. The van der Waals surface area contributed by atoms with E-state index >= 15 is 0 Å². The smallest absolute Gasteiger partial charge is 0.417 e. The maximum absolute atomic E-state index is 12.7. The van der Waals surface area contributed by atoms with Crippen molar-refractivity contribution in [3.05, 3.63) is 35.4 Å². The summed E-state index contributed by atoms with van der Waals surface area (Å²) in [6.07, 6.45) is -4.70. The number of hydrogen-bond donors (Lipinski definition) is 2. The van der Waals surface area contributed by atoms with Crippen molar-refractivity contribution in [1.29, 1.82) is 0 Å². The third kappa shape index (κ3) is 3.95. The molecule has 0 aliphatic heterocycles. The van der Waals surface area contributed by atoms with Gasteiger partial charge in [-0.05, 0) is 12.1 Å². The average Bonchev–Trinajstić information content (AvgIpc) is 2.37. The number of carbonyl (C=O) groups is 2. The second kappa shape index (κ2) is 6.38. The lowest BCUT2D eigenvalue weighted by Crippen LogP contribution is -2.44. The van der Waals surface area contributed by atoms with Crippen molar-refractivity contribution in [1.82, 2.24) is 5.32 Å². The van der Waals surface area contributed by atoms with E-state index in [-0.39, 0.29) is 6.61 Å². The molecule has 1 atom stereocenters. The minimum absolute atomic E-state index is 0.352. The Morgan fingerprint density at radius 3 is 2.45 bits per heavy atom. The van der Waals surface area contributed by atoms with Crippen LogP contribution in [0.5, 0.6) is 0 Å². The van der Waals surface area contributed by atoms with Crippen molar-refractivity contribution in [2.45, 2.75) is 12.2 Å². The lowest BCUT2D eigenvalue weighted by molar-refractivity contribution is -0.140. The molecular weight excluding hydrogens is 279 g/mol.